The summed E-state index contributed by atoms with van der Waals surface area (Å²) in [6.07, 6.45) is 1.17. The minimum absolute atomic E-state index is 0.0694. The highest BCUT2D eigenvalue weighted by atomic mass is 35.5. The zero-order valence-corrected chi connectivity index (χ0v) is 5.46. The number of halogens is 1. The van der Waals surface area contributed by atoms with Crippen LogP contribution in [0.1, 0.15) is 10.6 Å². The van der Waals surface area contributed by atoms with Crippen molar-refractivity contribution in [1.29, 1.82) is 0 Å². The van der Waals surface area contributed by atoms with Crippen LogP contribution < -0.4 is 0 Å². The summed E-state index contributed by atoms with van der Waals surface area (Å²) in [5, 5.41) is 1.68. The largest absolute Gasteiger partial charge is 0.457 e. The van der Waals surface area contributed by atoms with Crippen LogP contribution in [-0.2, 0) is 0 Å². The lowest BCUT2D eigenvalue weighted by molar-refractivity contribution is 0.105. The maximum absolute atomic E-state index is 10.4. The Balaban J connectivity index is 3.13. The van der Waals surface area contributed by atoms with Crippen LogP contribution in [-0.4, -0.2) is 5.24 Å². The van der Waals surface area contributed by atoms with Crippen molar-refractivity contribution in [3.8, 4) is 0 Å². The molecular formula is C5H2ClNO3. The number of furan rings is 1. The van der Waals surface area contributed by atoms with E-state index in [0.717, 1.165) is 0 Å². The Bertz CT molecular complexity index is 268. The molecule has 0 N–H and O–H groups in total. The van der Waals surface area contributed by atoms with Gasteiger partial charge >= 0.3 is 0 Å². The first-order valence-electron chi connectivity index (χ1n) is 2.36. The summed E-state index contributed by atoms with van der Waals surface area (Å²) < 4.78 is 4.54. The number of nitroso groups, excluding NO2 is 1. The standard InChI is InChI=1S/C5H2ClNO3/c6-5(8)4-3(7-9)1-2-10-4/h1-2H. The maximum Gasteiger partial charge on any atom is 0.290 e. The maximum atomic E-state index is 10.4. The highest BCUT2D eigenvalue weighted by molar-refractivity contribution is 6.67. The van der Waals surface area contributed by atoms with Crippen molar-refractivity contribution >= 4 is 22.5 Å². The first kappa shape index (κ1) is 6.95. The van der Waals surface area contributed by atoms with Gasteiger partial charge in [0.15, 0.2) is 5.69 Å². The molecule has 0 atom stereocenters. The number of hydrogen-bond acceptors (Lipinski definition) is 4. The number of carbonyl (C=O) groups excluding carboxylic acids is 1. The molecule has 0 fully saturated rings. The Hall–Kier alpha value is -1.16. The monoisotopic (exact) mass is 159 g/mol. The Labute approximate surface area is 60.8 Å². The van der Waals surface area contributed by atoms with Crippen molar-refractivity contribution in [2.24, 2.45) is 5.18 Å². The van der Waals surface area contributed by atoms with E-state index in [-0.39, 0.29) is 11.4 Å². The van der Waals surface area contributed by atoms with Gasteiger partial charge in [-0.25, -0.2) is 0 Å². The van der Waals surface area contributed by atoms with Gasteiger partial charge in [-0.3, -0.25) is 4.79 Å². The van der Waals surface area contributed by atoms with E-state index in [1.807, 2.05) is 0 Å². The average Bonchev–Trinajstić information content (AvgIpc) is 2.33. The lowest BCUT2D eigenvalue weighted by atomic mass is 10.4. The van der Waals surface area contributed by atoms with E-state index in [1.165, 1.54) is 12.3 Å². The zero-order chi connectivity index (χ0) is 7.56. The van der Waals surface area contributed by atoms with Crippen LogP contribution in [0.25, 0.3) is 0 Å². The van der Waals surface area contributed by atoms with Crippen molar-refractivity contribution in [3.05, 3.63) is 23.0 Å². The lowest BCUT2D eigenvalue weighted by Crippen LogP contribution is -1.82. The first-order valence-corrected chi connectivity index (χ1v) is 2.74. The van der Waals surface area contributed by atoms with Crippen LogP contribution in [0.5, 0.6) is 0 Å². The minimum Gasteiger partial charge on any atom is -0.457 e. The van der Waals surface area contributed by atoms with Gasteiger partial charge in [-0.1, -0.05) is 0 Å². The van der Waals surface area contributed by atoms with Crippen molar-refractivity contribution in [2.75, 3.05) is 0 Å². The second-order valence-electron chi connectivity index (χ2n) is 1.50. The normalized spacial score (nSPS) is 9.30. The highest BCUT2D eigenvalue weighted by Crippen LogP contribution is 2.21. The van der Waals surface area contributed by atoms with Crippen LogP contribution in [0.15, 0.2) is 21.9 Å². The second kappa shape index (κ2) is 2.62. The molecule has 0 aliphatic heterocycles. The summed E-state index contributed by atoms with van der Waals surface area (Å²) in [7, 11) is 0. The van der Waals surface area contributed by atoms with Crippen molar-refractivity contribution in [1.82, 2.24) is 0 Å². The van der Waals surface area contributed by atoms with Crippen LogP contribution in [0, 0.1) is 4.91 Å². The van der Waals surface area contributed by atoms with Gasteiger partial charge in [0, 0.05) is 6.07 Å². The Morgan fingerprint density at radius 1 is 1.70 bits per heavy atom. The predicted molar refractivity (Wildman–Crippen MR) is 34.3 cm³/mol. The van der Waals surface area contributed by atoms with E-state index in [1.54, 1.807) is 0 Å². The number of nitrogens with zero attached hydrogens (tertiary/aromatic N) is 1. The molecule has 0 amide bonds. The van der Waals surface area contributed by atoms with Crippen LogP contribution in [0.3, 0.4) is 0 Å². The van der Waals surface area contributed by atoms with Crippen LogP contribution >= 0.6 is 11.6 Å². The highest BCUT2D eigenvalue weighted by Gasteiger charge is 2.12. The third-order valence-corrected chi connectivity index (χ3v) is 1.09. The summed E-state index contributed by atoms with van der Waals surface area (Å²) in [6.45, 7) is 0. The van der Waals surface area contributed by atoms with Gasteiger partial charge in [0.1, 0.15) is 0 Å². The van der Waals surface area contributed by atoms with Gasteiger partial charge in [0.05, 0.1) is 6.26 Å². The van der Waals surface area contributed by atoms with Crippen LogP contribution in [0.4, 0.5) is 5.69 Å². The number of carbonyl (C=O) groups is 1. The van der Waals surface area contributed by atoms with Gasteiger partial charge in [-0.15, -0.1) is 4.91 Å². The Morgan fingerprint density at radius 3 is 2.80 bits per heavy atom. The molecule has 5 heteroatoms. The molecule has 0 unspecified atom stereocenters. The zero-order valence-electron chi connectivity index (χ0n) is 4.70. The molecule has 4 nitrogen and oxygen atoms in total. The third-order valence-electron chi connectivity index (χ3n) is 0.921. The smallest absolute Gasteiger partial charge is 0.290 e. The molecule has 10 heavy (non-hydrogen) atoms. The molecule has 0 saturated heterocycles. The molecule has 1 aromatic heterocycles. The van der Waals surface area contributed by atoms with E-state index in [2.05, 4.69) is 9.59 Å². The number of hydrogen-bond donors (Lipinski definition) is 0. The molecule has 0 saturated carbocycles. The van der Waals surface area contributed by atoms with E-state index in [9.17, 15) is 9.70 Å². The molecule has 0 aromatic carbocycles. The van der Waals surface area contributed by atoms with E-state index in [4.69, 9.17) is 11.6 Å². The minimum atomic E-state index is -0.820. The molecule has 0 radical (unpaired) electrons. The fourth-order valence-corrected chi connectivity index (χ4v) is 0.663. The van der Waals surface area contributed by atoms with Gasteiger partial charge in [-0.2, -0.15) is 0 Å². The SMILES string of the molecule is O=Nc1ccoc1C(=O)Cl. The Kier molecular flexibility index (Phi) is 1.82. The summed E-state index contributed by atoms with van der Waals surface area (Å²) in [5.74, 6) is -0.211. The molecule has 1 aromatic rings. The molecule has 0 spiro atoms. The topological polar surface area (TPSA) is 59.6 Å². The van der Waals surface area contributed by atoms with Crippen molar-refractivity contribution in [2.45, 2.75) is 0 Å². The van der Waals surface area contributed by atoms with Gasteiger partial charge in [0.2, 0.25) is 5.76 Å². The second-order valence-corrected chi connectivity index (χ2v) is 1.84. The molecular weight excluding hydrogens is 158 g/mol. The predicted octanol–water partition coefficient (Wildman–Crippen LogP) is 2.06. The molecule has 1 rings (SSSR count). The van der Waals surface area contributed by atoms with Gasteiger partial charge in [0.25, 0.3) is 5.24 Å². The fraction of sp³-hybridized carbons (Fsp3) is 0. The van der Waals surface area contributed by atoms with Gasteiger partial charge in [-0.05, 0) is 16.8 Å². The molecule has 0 aliphatic carbocycles. The van der Waals surface area contributed by atoms with Crippen LogP contribution in [0.2, 0.25) is 0 Å². The van der Waals surface area contributed by atoms with E-state index < -0.39 is 5.24 Å². The molecule has 52 valence electrons. The fourth-order valence-electron chi connectivity index (χ4n) is 0.521. The van der Waals surface area contributed by atoms with E-state index in [0.29, 0.717) is 0 Å². The quantitative estimate of drug-likeness (QED) is 0.490. The molecule has 0 aliphatic rings. The Morgan fingerprint density at radius 2 is 2.40 bits per heavy atom. The summed E-state index contributed by atoms with van der Waals surface area (Å²) in [4.78, 5) is 20.2. The lowest BCUT2D eigenvalue weighted by Gasteiger charge is -1.82. The van der Waals surface area contributed by atoms with Gasteiger partial charge < -0.3 is 4.42 Å². The number of rotatable bonds is 2. The summed E-state index contributed by atoms with van der Waals surface area (Å²) in [6, 6.07) is 1.27. The first-order chi connectivity index (χ1) is 4.75. The van der Waals surface area contributed by atoms with Crippen molar-refractivity contribution < 1.29 is 9.21 Å². The average molecular weight is 160 g/mol. The third kappa shape index (κ3) is 1.06. The van der Waals surface area contributed by atoms with Crippen molar-refractivity contribution in [3.63, 3.8) is 0 Å². The van der Waals surface area contributed by atoms with E-state index >= 15 is 0 Å². The summed E-state index contributed by atoms with van der Waals surface area (Å²) in [5.41, 5.74) is -0.0694. The molecule has 0 bridgehead atoms. The summed E-state index contributed by atoms with van der Waals surface area (Å²) >= 11 is 5.00. The molecule has 1 heterocycles.